The van der Waals surface area contributed by atoms with Crippen LogP contribution in [0.4, 0.5) is 0 Å². The number of pyridine rings is 1. The summed E-state index contributed by atoms with van der Waals surface area (Å²) < 4.78 is 14.1. The molecule has 1 aliphatic rings. The summed E-state index contributed by atoms with van der Waals surface area (Å²) in [5.74, 6) is 2.05. The molecule has 0 unspecified atom stereocenters. The van der Waals surface area contributed by atoms with Crippen LogP contribution < -0.4 is 0 Å². The smallest absolute Gasteiger partial charge is 0.176 e. The molecule has 5 rings (SSSR count). The van der Waals surface area contributed by atoms with Crippen molar-refractivity contribution in [3.63, 3.8) is 0 Å². The van der Waals surface area contributed by atoms with Gasteiger partial charge in [0, 0.05) is 36.1 Å². The van der Waals surface area contributed by atoms with Crippen LogP contribution in [0.25, 0.3) is 22.6 Å². The molecule has 0 saturated carbocycles. The molecular weight excluding hydrogens is 326 g/mol. The van der Waals surface area contributed by atoms with Crippen LogP contribution in [-0.4, -0.2) is 27.7 Å². The molecule has 4 heterocycles. The first-order valence-electron chi connectivity index (χ1n) is 8.87. The third kappa shape index (κ3) is 2.70. The highest BCUT2D eigenvalue weighted by molar-refractivity contribution is 5.81. The number of hydrogen-bond acceptors (Lipinski definition) is 4. The lowest BCUT2D eigenvalue weighted by molar-refractivity contribution is 0.181. The summed E-state index contributed by atoms with van der Waals surface area (Å²) in [5.41, 5.74) is 2.17. The maximum Gasteiger partial charge on any atom is 0.176 e. The third-order valence-corrected chi connectivity index (χ3v) is 5.08. The van der Waals surface area contributed by atoms with Gasteiger partial charge in [-0.25, -0.2) is 4.98 Å². The normalized spacial score (nSPS) is 20.0. The number of furan rings is 1. The topological polar surface area (TPSA) is 53.1 Å². The van der Waals surface area contributed by atoms with Crippen molar-refractivity contribution in [1.82, 2.24) is 14.5 Å². The minimum Gasteiger partial charge on any atom is -0.453 e. The van der Waals surface area contributed by atoms with E-state index in [2.05, 4.69) is 38.8 Å². The van der Waals surface area contributed by atoms with E-state index in [0.717, 1.165) is 35.6 Å². The minimum absolute atomic E-state index is 0.244. The zero-order chi connectivity index (χ0) is 17.3. The van der Waals surface area contributed by atoms with Crippen LogP contribution in [0.2, 0.25) is 0 Å². The predicted octanol–water partition coefficient (Wildman–Crippen LogP) is 4.12. The zero-order valence-corrected chi connectivity index (χ0v) is 14.3. The van der Waals surface area contributed by atoms with Gasteiger partial charge in [0.25, 0.3) is 0 Å². The minimum atomic E-state index is 0.244. The van der Waals surface area contributed by atoms with Crippen molar-refractivity contribution in [2.24, 2.45) is 5.92 Å². The number of ether oxygens (including phenoxy) is 1. The maximum absolute atomic E-state index is 6.03. The molecule has 3 aromatic heterocycles. The molecule has 1 aromatic carbocycles. The van der Waals surface area contributed by atoms with E-state index in [1.54, 1.807) is 0 Å². The standard InChI is InChI=1S/C21H19N3O2/c1-2-4-19-16(3-1)12-20(26-19)21-23-9-10-24(21)18-14-25-13-17(18)11-15-5-7-22-8-6-15/h1-10,12,17-18H,11,13-14H2/t17-,18+/m0/s1. The molecule has 1 fully saturated rings. The first-order valence-corrected chi connectivity index (χ1v) is 8.87. The number of nitrogens with zero attached hydrogens (tertiary/aromatic N) is 3. The van der Waals surface area contributed by atoms with Crippen molar-refractivity contribution in [3.8, 4) is 11.6 Å². The molecule has 1 saturated heterocycles. The van der Waals surface area contributed by atoms with Crippen molar-refractivity contribution in [1.29, 1.82) is 0 Å². The highest BCUT2D eigenvalue weighted by atomic mass is 16.5. The monoisotopic (exact) mass is 345 g/mol. The molecule has 0 bridgehead atoms. The van der Waals surface area contributed by atoms with E-state index < -0.39 is 0 Å². The van der Waals surface area contributed by atoms with Gasteiger partial charge in [-0.3, -0.25) is 4.98 Å². The molecule has 4 aromatic rings. The van der Waals surface area contributed by atoms with E-state index in [-0.39, 0.29) is 6.04 Å². The van der Waals surface area contributed by atoms with Gasteiger partial charge in [0.15, 0.2) is 11.6 Å². The zero-order valence-electron chi connectivity index (χ0n) is 14.3. The van der Waals surface area contributed by atoms with Crippen molar-refractivity contribution in [3.05, 3.63) is 72.8 Å². The Labute approximate surface area is 151 Å². The lowest BCUT2D eigenvalue weighted by Crippen LogP contribution is -2.20. The van der Waals surface area contributed by atoms with Gasteiger partial charge in [0.2, 0.25) is 0 Å². The number of fused-ring (bicyclic) bond motifs is 1. The molecule has 5 nitrogen and oxygen atoms in total. The molecule has 0 aliphatic carbocycles. The fourth-order valence-corrected chi connectivity index (χ4v) is 3.77. The van der Waals surface area contributed by atoms with E-state index in [4.69, 9.17) is 9.15 Å². The van der Waals surface area contributed by atoms with Gasteiger partial charge < -0.3 is 13.7 Å². The Morgan fingerprint density at radius 3 is 2.81 bits per heavy atom. The van der Waals surface area contributed by atoms with Gasteiger partial charge in [-0.1, -0.05) is 18.2 Å². The van der Waals surface area contributed by atoms with Gasteiger partial charge in [0.1, 0.15) is 5.58 Å². The number of aromatic nitrogens is 3. The summed E-state index contributed by atoms with van der Waals surface area (Å²) in [4.78, 5) is 8.68. The van der Waals surface area contributed by atoms with E-state index in [1.807, 2.05) is 43.0 Å². The number of benzene rings is 1. The number of para-hydroxylation sites is 1. The SMILES string of the molecule is c1ccc2oc(-c3nccn3[C@@H]3COC[C@@H]3Cc3ccncc3)cc2c1. The van der Waals surface area contributed by atoms with Gasteiger partial charge in [-0.15, -0.1) is 0 Å². The molecule has 0 spiro atoms. The Bertz CT molecular complexity index is 989. The van der Waals surface area contributed by atoms with Crippen molar-refractivity contribution in [2.75, 3.05) is 13.2 Å². The van der Waals surface area contributed by atoms with Crippen molar-refractivity contribution >= 4 is 11.0 Å². The molecule has 0 amide bonds. The average Bonchev–Trinajstić information content (AvgIpc) is 3.40. The lowest BCUT2D eigenvalue weighted by atomic mass is 9.95. The molecule has 130 valence electrons. The Morgan fingerprint density at radius 2 is 1.92 bits per heavy atom. The van der Waals surface area contributed by atoms with Crippen LogP contribution in [0, 0.1) is 5.92 Å². The molecule has 0 radical (unpaired) electrons. The van der Waals surface area contributed by atoms with E-state index in [9.17, 15) is 0 Å². The fourth-order valence-electron chi connectivity index (χ4n) is 3.77. The Kier molecular flexibility index (Phi) is 3.79. The second kappa shape index (κ2) is 6.42. The summed E-state index contributed by atoms with van der Waals surface area (Å²) in [6, 6.07) is 14.5. The summed E-state index contributed by atoms with van der Waals surface area (Å²) in [6.07, 6.45) is 8.52. The number of hydrogen-bond donors (Lipinski definition) is 0. The summed E-state index contributed by atoms with van der Waals surface area (Å²) in [5, 5.41) is 1.09. The summed E-state index contributed by atoms with van der Waals surface area (Å²) in [7, 11) is 0. The van der Waals surface area contributed by atoms with Gasteiger partial charge in [-0.05, 0) is 36.2 Å². The van der Waals surface area contributed by atoms with Crippen LogP contribution in [0.15, 0.2) is 71.7 Å². The molecule has 26 heavy (non-hydrogen) atoms. The number of imidazole rings is 1. The Balaban J connectivity index is 1.48. The Hall–Kier alpha value is -2.92. The first kappa shape index (κ1) is 15.3. The van der Waals surface area contributed by atoms with Gasteiger partial charge in [0.05, 0.1) is 19.3 Å². The van der Waals surface area contributed by atoms with Gasteiger partial charge in [-0.2, -0.15) is 0 Å². The van der Waals surface area contributed by atoms with Crippen molar-refractivity contribution < 1.29 is 9.15 Å². The van der Waals surface area contributed by atoms with Gasteiger partial charge >= 0.3 is 0 Å². The van der Waals surface area contributed by atoms with Crippen LogP contribution in [0.1, 0.15) is 11.6 Å². The summed E-state index contributed by atoms with van der Waals surface area (Å²) >= 11 is 0. The molecular formula is C21H19N3O2. The van der Waals surface area contributed by atoms with Crippen LogP contribution in [0.5, 0.6) is 0 Å². The van der Waals surface area contributed by atoms with E-state index >= 15 is 0 Å². The van der Waals surface area contributed by atoms with E-state index in [0.29, 0.717) is 12.5 Å². The molecule has 0 N–H and O–H groups in total. The second-order valence-electron chi connectivity index (χ2n) is 6.73. The Morgan fingerprint density at radius 1 is 1.04 bits per heavy atom. The van der Waals surface area contributed by atoms with Crippen LogP contribution in [0.3, 0.4) is 0 Å². The van der Waals surface area contributed by atoms with Crippen LogP contribution in [-0.2, 0) is 11.2 Å². The lowest BCUT2D eigenvalue weighted by Gasteiger charge is -2.20. The largest absolute Gasteiger partial charge is 0.453 e. The second-order valence-corrected chi connectivity index (χ2v) is 6.73. The maximum atomic E-state index is 6.03. The highest BCUT2D eigenvalue weighted by Crippen LogP contribution is 2.34. The third-order valence-electron chi connectivity index (χ3n) is 5.08. The van der Waals surface area contributed by atoms with Crippen molar-refractivity contribution in [2.45, 2.75) is 12.5 Å². The van der Waals surface area contributed by atoms with E-state index in [1.165, 1.54) is 5.56 Å². The molecule has 1 aliphatic heterocycles. The first-order chi connectivity index (χ1) is 12.9. The fraction of sp³-hybridized carbons (Fsp3) is 0.238. The summed E-state index contributed by atoms with van der Waals surface area (Å²) in [6.45, 7) is 1.45. The quantitative estimate of drug-likeness (QED) is 0.558. The van der Waals surface area contributed by atoms with Crippen LogP contribution >= 0.6 is 0 Å². The molecule has 5 heteroatoms. The average molecular weight is 345 g/mol. The number of rotatable bonds is 4. The highest BCUT2D eigenvalue weighted by Gasteiger charge is 2.31. The molecule has 2 atom stereocenters. The predicted molar refractivity (Wildman–Crippen MR) is 98.7 cm³/mol.